The third-order valence-electron chi connectivity index (χ3n) is 4.05. The van der Waals surface area contributed by atoms with E-state index in [-0.39, 0.29) is 27.7 Å². The molecule has 0 unspecified atom stereocenters. The van der Waals surface area contributed by atoms with Gasteiger partial charge in [0.1, 0.15) is 17.5 Å². The summed E-state index contributed by atoms with van der Waals surface area (Å²) < 4.78 is 30.7. The number of hydrogen-bond donors (Lipinski definition) is 4. The maximum absolute atomic E-state index is 14.4. The molecule has 0 aliphatic rings. The van der Waals surface area contributed by atoms with Crippen LogP contribution in [0.25, 0.3) is 0 Å². The number of carbonyl (C=O) groups excluding carboxylic acids is 1. The molecule has 2 heterocycles. The number of nitrogens with zero attached hydrogens (tertiary/aromatic N) is 3. The lowest BCUT2D eigenvalue weighted by Gasteiger charge is -2.15. The van der Waals surface area contributed by atoms with Gasteiger partial charge in [-0.25, -0.2) is 14.1 Å². The highest BCUT2D eigenvalue weighted by Gasteiger charge is 2.16. The first-order valence-electron chi connectivity index (χ1n) is 9.65. The van der Waals surface area contributed by atoms with E-state index >= 15 is 0 Å². The largest absolute Gasteiger partial charge is 0.390 e. The highest BCUT2D eigenvalue weighted by Crippen LogP contribution is 2.31. The van der Waals surface area contributed by atoms with Gasteiger partial charge in [0.15, 0.2) is 0 Å². The van der Waals surface area contributed by atoms with Crippen molar-refractivity contribution in [3.63, 3.8) is 0 Å². The van der Waals surface area contributed by atoms with Crippen LogP contribution in [0.5, 0.6) is 0 Å². The molecule has 1 amide bonds. The van der Waals surface area contributed by atoms with Crippen LogP contribution in [0.3, 0.4) is 0 Å². The van der Waals surface area contributed by atoms with Gasteiger partial charge in [-0.15, -0.1) is 0 Å². The standard InChI is InChI=1S/C19H20ClFN6O2/c1-3-27-17(7-11(10-28)26-27)25-16-8-15(13(20)9-23-16)24-18-12(19(29)22-2)5-4-6-14(18)21/h4-9,28H,3,10H2,1-2H3,(H,22,29)(H2,23,24,25)/i10D2. The number of para-hydroxylation sites is 1. The second kappa shape index (κ2) is 8.89. The van der Waals surface area contributed by atoms with E-state index in [0.717, 1.165) is 0 Å². The smallest absolute Gasteiger partial charge is 0.253 e. The van der Waals surface area contributed by atoms with E-state index in [4.69, 9.17) is 14.3 Å². The molecular formula is C19H20ClFN6O2. The topological polar surface area (TPSA) is 104 Å². The molecule has 29 heavy (non-hydrogen) atoms. The molecular weight excluding hydrogens is 399 g/mol. The van der Waals surface area contributed by atoms with Gasteiger partial charge in [0.05, 0.1) is 43.2 Å². The maximum Gasteiger partial charge on any atom is 0.253 e. The van der Waals surface area contributed by atoms with Crippen LogP contribution in [0.2, 0.25) is 5.02 Å². The number of carbonyl (C=O) groups is 1. The number of pyridine rings is 1. The number of anilines is 4. The quantitative estimate of drug-likeness (QED) is 0.467. The summed E-state index contributed by atoms with van der Waals surface area (Å²) in [6, 6.07) is 6.97. The van der Waals surface area contributed by atoms with Gasteiger partial charge >= 0.3 is 0 Å². The molecule has 152 valence electrons. The normalized spacial score (nSPS) is 12.2. The Balaban J connectivity index is 1.95. The molecule has 1 aromatic carbocycles. The van der Waals surface area contributed by atoms with E-state index in [1.807, 2.05) is 0 Å². The van der Waals surface area contributed by atoms with Gasteiger partial charge in [-0.05, 0) is 19.1 Å². The Bertz CT molecular complexity index is 1120. The number of halogens is 2. The van der Waals surface area contributed by atoms with Crippen molar-refractivity contribution in [2.24, 2.45) is 0 Å². The van der Waals surface area contributed by atoms with Crippen LogP contribution in [0, 0.1) is 5.82 Å². The number of aryl methyl sites for hydroxylation is 1. The molecule has 4 N–H and O–H groups in total. The Morgan fingerprint density at radius 1 is 1.38 bits per heavy atom. The van der Waals surface area contributed by atoms with Crippen LogP contribution >= 0.6 is 11.6 Å². The summed E-state index contributed by atoms with van der Waals surface area (Å²) in [5.41, 5.74) is 0.180. The van der Waals surface area contributed by atoms with Gasteiger partial charge in [0.2, 0.25) is 0 Å². The molecule has 0 bridgehead atoms. The summed E-state index contributed by atoms with van der Waals surface area (Å²) in [5.74, 6) is -0.428. The molecule has 3 aromatic rings. The lowest BCUT2D eigenvalue weighted by molar-refractivity contribution is 0.0963. The van der Waals surface area contributed by atoms with E-state index in [1.165, 1.54) is 48.3 Å². The molecule has 8 nitrogen and oxygen atoms in total. The van der Waals surface area contributed by atoms with E-state index < -0.39 is 18.3 Å². The Labute approximate surface area is 174 Å². The molecule has 3 rings (SSSR count). The average molecular weight is 421 g/mol. The molecule has 0 saturated carbocycles. The van der Waals surface area contributed by atoms with E-state index in [2.05, 4.69) is 26.0 Å². The lowest BCUT2D eigenvalue weighted by Crippen LogP contribution is -2.19. The third kappa shape index (κ3) is 4.47. The minimum Gasteiger partial charge on any atom is -0.390 e. The Morgan fingerprint density at radius 2 is 2.17 bits per heavy atom. The number of rotatable bonds is 7. The Morgan fingerprint density at radius 3 is 2.86 bits per heavy atom. The van der Waals surface area contributed by atoms with Crippen LogP contribution in [0.4, 0.5) is 27.4 Å². The number of hydrogen-bond acceptors (Lipinski definition) is 6. The Hall–Kier alpha value is -3.17. The van der Waals surface area contributed by atoms with Crippen LogP contribution in [-0.4, -0.2) is 32.8 Å². The van der Waals surface area contributed by atoms with E-state index in [9.17, 15) is 14.3 Å². The molecule has 0 atom stereocenters. The van der Waals surface area contributed by atoms with Gasteiger partial charge < -0.3 is 21.1 Å². The van der Waals surface area contributed by atoms with Crippen molar-refractivity contribution in [3.05, 3.63) is 58.6 Å². The maximum atomic E-state index is 14.4. The van der Waals surface area contributed by atoms with Crippen molar-refractivity contribution >= 4 is 40.5 Å². The predicted molar refractivity (Wildman–Crippen MR) is 109 cm³/mol. The lowest BCUT2D eigenvalue weighted by atomic mass is 10.1. The zero-order valence-electron chi connectivity index (χ0n) is 17.6. The van der Waals surface area contributed by atoms with Crippen molar-refractivity contribution in [2.75, 3.05) is 17.7 Å². The minimum atomic E-state index is -2.60. The first-order valence-corrected chi connectivity index (χ1v) is 9.02. The zero-order chi connectivity index (χ0) is 22.8. The Kier molecular flexibility index (Phi) is 5.49. The number of nitrogens with one attached hydrogen (secondary N) is 3. The summed E-state index contributed by atoms with van der Waals surface area (Å²) in [6.07, 6.45) is 1.34. The zero-order valence-corrected chi connectivity index (χ0v) is 16.4. The molecule has 0 aliphatic carbocycles. The van der Waals surface area contributed by atoms with E-state index in [0.29, 0.717) is 18.2 Å². The van der Waals surface area contributed by atoms with E-state index in [1.54, 1.807) is 6.92 Å². The highest BCUT2D eigenvalue weighted by atomic mass is 35.5. The molecule has 0 spiro atoms. The third-order valence-corrected chi connectivity index (χ3v) is 4.35. The number of benzene rings is 1. The van der Waals surface area contributed by atoms with Crippen LogP contribution in [0.1, 0.15) is 25.7 Å². The van der Waals surface area contributed by atoms with Gasteiger partial charge in [-0.3, -0.25) is 4.79 Å². The SMILES string of the molecule is [2H]C([2H])(O)c1cc(Nc2cc(Nc3c(F)cccc3C(=O)NC)c(Cl)cn2)n(CC)n1. The van der Waals surface area contributed by atoms with Crippen LogP contribution in [-0.2, 0) is 13.1 Å². The number of aliphatic hydroxyl groups is 1. The number of aromatic nitrogens is 3. The van der Waals surface area contributed by atoms with Crippen molar-refractivity contribution in [1.82, 2.24) is 20.1 Å². The van der Waals surface area contributed by atoms with Crippen LogP contribution in [0.15, 0.2) is 36.5 Å². The second-order valence-corrected chi connectivity index (χ2v) is 6.29. The summed E-state index contributed by atoms with van der Waals surface area (Å²) in [7, 11) is 1.44. The summed E-state index contributed by atoms with van der Waals surface area (Å²) >= 11 is 6.21. The molecule has 0 aliphatic heterocycles. The van der Waals surface area contributed by atoms with Gasteiger partial charge in [-0.2, -0.15) is 5.10 Å². The average Bonchev–Trinajstić information content (AvgIpc) is 3.14. The van der Waals surface area contributed by atoms with Gasteiger partial charge in [0, 0.05) is 25.7 Å². The summed E-state index contributed by atoms with van der Waals surface area (Å²) in [5, 5.41) is 22.0. The molecule has 10 heteroatoms. The van der Waals surface area contributed by atoms with Crippen molar-refractivity contribution < 1.29 is 17.0 Å². The molecule has 2 aromatic heterocycles. The predicted octanol–water partition coefficient (Wildman–Crippen LogP) is 3.43. The fourth-order valence-electron chi connectivity index (χ4n) is 2.66. The van der Waals surface area contributed by atoms with Crippen molar-refractivity contribution in [2.45, 2.75) is 20.0 Å². The molecule has 0 fully saturated rings. The fourth-order valence-corrected chi connectivity index (χ4v) is 2.81. The molecule has 0 radical (unpaired) electrons. The first kappa shape index (κ1) is 17.9. The van der Waals surface area contributed by atoms with Crippen molar-refractivity contribution in [3.8, 4) is 0 Å². The summed E-state index contributed by atoms with van der Waals surface area (Å²) in [4.78, 5) is 16.3. The minimum absolute atomic E-state index is 0.0461. The van der Waals surface area contributed by atoms with Gasteiger partial charge in [0.25, 0.3) is 5.91 Å². The monoisotopic (exact) mass is 420 g/mol. The second-order valence-electron chi connectivity index (χ2n) is 5.88. The number of amides is 1. The molecule has 0 saturated heterocycles. The first-order chi connectivity index (χ1) is 14.6. The highest BCUT2D eigenvalue weighted by molar-refractivity contribution is 6.33. The van der Waals surface area contributed by atoms with Gasteiger partial charge in [-0.1, -0.05) is 17.7 Å². The van der Waals surface area contributed by atoms with Crippen molar-refractivity contribution in [1.29, 1.82) is 0 Å². The fraction of sp³-hybridized carbons (Fsp3) is 0.211. The summed E-state index contributed by atoms with van der Waals surface area (Å²) in [6.45, 7) is -0.393. The van der Waals surface area contributed by atoms with Crippen LogP contribution < -0.4 is 16.0 Å².